The lowest BCUT2D eigenvalue weighted by Gasteiger charge is -2.31. The van der Waals surface area contributed by atoms with Gasteiger partial charge in [-0.2, -0.15) is 0 Å². The lowest BCUT2D eigenvalue weighted by Crippen LogP contribution is -2.22. The van der Waals surface area contributed by atoms with Crippen LogP contribution in [0.2, 0.25) is 0 Å². The Morgan fingerprint density at radius 1 is 1.24 bits per heavy atom. The second-order valence-corrected chi connectivity index (χ2v) is 6.17. The Kier molecular flexibility index (Phi) is 3.31. The topological polar surface area (TPSA) is 26.0 Å². The zero-order valence-corrected chi connectivity index (χ0v) is 11.6. The minimum absolute atomic E-state index is 0.244. The van der Waals surface area contributed by atoms with E-state index < -0.39 is 0 Å². The second-order valence-electron chi connectivity index (χ2n) is 6.17. The van der Waals surface area contributed by atoms with Crippen molar-refractivity contribution in [3.05, 3.63) is 34.9 Å². The van der Waals surface area contributed by atoms with Crippen molar-refractivity contribution in [2.75, 3.05) is 0 Å². The summed E-state index contributed by atoms with van der Waals surface area (Å²) in [6, 6.07) is 7.22. The van der Waals surface area contributed by atoms with Crippen LogP contribution in [0.1, 0.15) is 75.6 Å². The molecule has 0 spiro atoms. The van der Waals surface area contributed by atoms with Crippen LogP contribution < -0.4 is 5.73 Å². The summed E-state index contributed by atoms with van der Waals surface area (Å²) in [5.41, 5.74) is 10.8. The van der Waals surface area contributed by atoms with Gasteiger partial charge in [0, 0.05) is 6.04 Å². The van der Waals surface area contributed by atoms with Gasteiger partial charge in [0.25, 0.3) is 0 Å². The van der Waals surface area contributed by atoms with E-state index in [1.807, 2.05) is 0 Å². The van der Waals surface area contributed by atoms with Gasteiger partial charge in [-0.1, -0.05) is 45.9 Å². The first-order valence-electron chi connectivity index (χ1n) is 6.85. The van der Waals surface area contributed by atoms with Crippen LogP contribution in [0.4, 0.5) is 0 Å². The summed E-state index contributed by atoms with van der Waals surface area (Å²) in [6.07, 6.45) is 3.52. The molecule has 0 bridgehead atoms. The van der Waals surface area contributed by atoms with Gasteiger partial charge in [0.2, 0.25) is 0 Å². The van der Waals surface area contributed by atoms with Gasteiger partial charge in [0.05, 0.1) is 0 Å². The van der Waals surface area contributed by atoms with Gasteiger partial charge in [-0.15, -0.1) is 0 Å². The number of hydrogen-bond acceptors (Lipinski definition) is 1. The third-order valence-corrected chi connectivity index (χ3v) is 4.59. The first-order valence-corrected chi connectivity index (χ1v) is 6.85. The van der Waals surface area contributed by atoms with E-state index in [4.69, 9.17) is 5.73 Å². The summed E-state index contributed by atoms with van der Waals surface area (Å²) < 4.78 is 0. The maximum atomic E-state index is 6.26. The predicted molar refractivity (Wildman–Crippen MR) is 74.3 cm³/mol. The van der Waals surface area contributed by atoms with E-state index in [0.717, 1.165) is 12.8 Å². The summed E-state index contributed by atoms with van der Waals surface area (Å²) in [5, 5.41) is 0. The number of fused-ring (bicyclic) bond motifs is 1. The number of rotatable bonds is 2. The Bertz CT molecular complexity index is 406. The smallest absolute Gasteiger partial charge is 0.0298 e. The first kappa shape index (κ1) is 12.6. The number of nitrogens with two attached hydrogens (primary N) is 1. The zero-order valence-electron chi connectivity index (χ0n) is 11.6. The maximum Gasteiger partial charge on any atom is 0.0298 e. The molecule has 0 aliphatic heterocycles. The lowest BCUT2D eigenvalue weighted by molar-refractivity contribution is 0.491. The molecule has 1 aromatic carbocycles. The van der Waals surface area contributed by atoms with Crippen LogP contribution in [0, 0.1) is 0 Å². The highest BCUT2D eigenvalue weighted by Gasteiger charge is 2.25. The van der Waals surface area contributed by atoms with Crippen molar-refractivity contribution in [3.63, 3.8) is 0 Å². The fourth-order valence-electron chi connectivity index (χ4n) is 2.71. The molecule has 2 rings (SSSR count). The Balaban J connectivity index is 2.46. The average Bonchev–Trinajstić information content (AvgIpc) is 2.33. The van der Waals surface area contributed by atoms with E-state index in [0.29, 0.717) is 5.92 Å². The zero-order chi connectivity index (χ0) is 12.6. The van der Waals surface area contributed by atoms with Gasteiger partial charge in [-0.05, 0) is 47.3 Å². The molecule has 0 radical (unpaired) electrons. The summed E-state index contributed by atoms with van der Waals surface area (Å²) in [5.74, 6) is 0.670. The van der Waals surface area contributed by atoms with E-state index in [1.165, 1.54) is 23.1 Å². The molecule has 2 N–H and O–H groups in total. The van der Waals surface area contributed by atoms with E-state index in [1.54, 1.807) is 0 Å². The van der Waals surface area contributed by atoms with Gasteiger partial charge in [0.1, 0.15) is 0 Å². The molecule has 0 saturated heterocycles. The molecule has 0 fully saturated rings. The van der Waals surface area contributed by atoms with Gasteiger partial charge in [-0.3, -0.25) is 0 Å². The average molecular weight is 231 g/mol. The highest BCUT2D eigenvalue weighted by atomic mass is 14.6. The minimum atomic E-state index is 0.244. The summed E-state index contributed by atoms with van der Waals surface area (Å²) in [7, 11) is 0. The van der Waals surface area contributed by atoms with Crippen molar-refractivity contribution in [2.45, 2.75) is 64.3 Å². The van der Waals surface area contributed by atoms with E-state index >= 15 is 0 Å². The van der Waals surface area contributed by atoms with Crippen LogP contribution in [0.15, 0.2) is 18.2 Å². The van der Waals surface area contributed by atoms with Gasteiger partial charge in [0.15, 0.2) is 0 Å². The Labute approximate surface area is 105 Å². The van der Waals surface area contributed by atoms with E-state index in [2.05, 4.69) is 45.9 Å². The molecule has 0 amide bonds. The molecular weight excluding hydrogens is 206 g/mol. The molecule has 0 saturated carbocycles. The monoisotopic (exact) mass is 231 g/mol. The maximum absolute atomic E-state index is 6.26. The fourth-order valence-corrected chi connectivity index (χ4v) is 2.71. The molecule has 2 atom stereocenters. The second kappa shape index (κ2) is 4.45. The third-order valence-electron chi connectivity index (χ3n) is 4.59. The Morgan fingerprint density at radius 3 is 2.59 bits per heavy atom. The summed E-state index contributed by atoms with van der Waals surface area (Å²) in [4.78, 5) is 0. The molecule has 94 valence electrons. The standard InChI is InChI=1S/C16H25N/c1-5-16(3,4)12-7-8-13-11(2)6-9-15(17)14(13)10-12/h7-8,10-11,15H,5-6,9,17H2,1-4H3. The fraction of sp³-hybridized carbons (Fsp3) is 0.625. The highest BCUT2D eigenvalue weighted by Crippen LogP contribution is 2.38. The molecule has 2 unspecified atom stereocenters. The van der Waals surface area contributed by atoms with Crippen molar-refractivity contribution in [2.24, 2.45) is 5.73 Å². The molecule has 1 nitrogen and oxygen atoms in total. The van der Waals surface area contributed by atoms with Crippen LogP contribution in [0.5, 0.6) is 0 Å². The van der Waals surface area contributed by atoms with Crippen molar-refractivity contribution in [1.82, 2.24) is 0 Å². The van der Waals surface area contributed by atoms with Crippen LogP contribution in [-0.4, -0.2) is 0 Å². The number of benzene rings is 1. The molecule has 1 aromatic rings. The van der Waals surface area contributed by atoms with Gasteiger partial charge >= 0.3 is 0 Å². The Hall–Kier alpha value is -0.820. The molecule has 1 heteroatoms. The van der Waals surface area contributed by atoms with Crippen LogP contribution in [0.25, 0.3) is 0 Å². The van der Waals surface area contributed by atoms with Gasteiger partial charge in [-0.25, -0.2) is 0 Å². The van der Waals surface area contributed by atoms with Crippen molar-refractivity contribution >= 4 is 0 Å². The normalized spacial score (nSPS) is 24.5. The van der Waals surface area contributed by atoms with Gasteiger partial charge < -0.3 is 5.73 Å². The van der Waals surface area contributed by atoms with Crippen LogP contribution in [-0.2, 0) is 5.41 Å². The third kappa shape index (κ3) is 2.26. The van der Waals surface area contributed by atoms with E-state index in [-0.39, 0.29) is 11.5 Å². The van der Waals surface area contributed by atoms with Crippen molar-refractivity contribution in [3.8, 4) is 0 Å². The Morgan fingerprint density at radius 2 is 1.94 bits per heavy atom. The SMILES string of the molecule is CCC(C)(C)c1ccc2c(c1)C(N)CCC2C. The predicted octanol–water partition coefficient (Wildman–Crippen LogP) is 4.27. The quantitative estimate of drug-likeness (QED) is 0.808. The first-order chi connectivity index (χ1) is 7.95. The largest absolute Gasteiger partial charge is 0.324 e. The van der Waals surface area contributed by atoms with E-state index in [9.17, 15) is 0 Å². The van der Waals surface area contributed by atoms with Crippen LogP contribution >= 0.6 is 0 Å². The van der Waals surface area contributed by atoms with Crippen molar-refractivity contribution in [1.29, 1.82) is 0 Å². The molecular formula is C16H25N. The van der Waals surface area contributed by atoms with Crippen molar-refractivity contribution < 1.29 is 0 Å². The summed E-state index contributed by atoms with van der Waals surface area (Å²) in [6.45, 7) is 9.19. The lowest BCUT2D eigenvalue weighted by atomic mass is 9.76. The molecule has 1 aliphatic carbocycles. The summed E-state index contributed by atoms with van der Waals surface area (Å²) >= 11 is 0. The molecule has 1 aliphatic rings. The highest BCUT2D eigenvalue weighted by molar-refractivity contribution is 5.40. The molecule has 17 heavy (non-hydrogen) atoms. The number of hydrogen-bond donors (Lipinski definition) is 1. The molecule has 0 heterocycles. The van der Waals surface area contributed by atoms with Crippen LogP contribution in [0.3, 0.4) is 0 Å². The molecule has 0 aromatic heterocycles. The minimum Gasteiger partial charge on any atom is -0.324 e.